The first-order valence-electron chi connectivity index (χ1n) is 7.30. The lowest BCUT2D eigenvalue weighted by molar-refractivity contribution is -0.384. The average Bonchev–Trinajstić information content (AvgIpc) is 2.55. The van der Waals surface area contributed by atoms with Crippen molar-refractivity contribution in [2.24, 2.45) is 0 Å². The summed E-state index contributed by atoms with van der Waals surface area (Å²) >= 11 is 5.98. The van der Waals surface area contributed by atoms with Crippen LogP contribution in [0.5, 0.6) is 0 Å². The summed E-state index contributed by atoms with van der Waals surface area (Å²) in [5, 5.41) is 13.9. The number of nitro groups is 1. The zero-order valence-electron chi connectivity index (χ0n) is 12.3. The van der Waals surface area contributed by atoms with Crippen LogP contribution < -0.4 is 10.2 Å². The van der Waals surface area contributed by atoms with E-state index in [1.54, 1.807) is 12.1 Å². The lowest BCUT2D eigenvalue weighted by atomic mass is 10.1. The lowest BCUT2D eigenvalue weighted by Gasteiger charge is -2.26. The van der Waals surface area contributed by atoms with Gasteiger partial charge in [0.05, 0.1) is 4.92 Å². The topological polar surface area (TPSA) is 97.1 Å². The third kappa shape index (κ3) is 3.84. The Morgan fingerprint density at radius 1 is 1.17 bits per heavy atom. The fourth-order valence-electron chi connectivity index (χ4n) is 2.46. The summed E-state index contributed by atoms with van der Waals surface area (Å²) in [6.07, 6.45) is 3.39. The second-order valence-corrected chi connectivity index (χ2v) is 5.55. The summed E-state index contributed by atoms with van der Waals surface area (Å²) in [7, 11) is 0. The minimum atomic E-state index is -0.454. The minimum absolute atomic E-state index is 0.00796. The first-order chi connectivity index (χ1) is 11.1. The molecule has 9 heteroatoms. The number of hydrogen-bond donors (Lipinski definition) is 1. The molecule has 1 saturated heterocycles. The molecule has 0 atom stereocenters. The summed E-state index contributed by atoms with van der Waals surface area (Å²) < 4.78 is 0. The molecule has 0 aliphatic carbocycles. The van der Waals surface area contributed by atoms with E-state index in [9.17, 15) is 10.1 Å². The Balaban J connectivity index is 1.83. The highest BCUT2D eigenvalue weighted by Crippen LogP contribution is 2.22. The van der Waals surface area contributed by atoms with Crippen molar-refractivity contribution in [2.45, 2.75) is 19.3 Å². The number of nitro benzene ring substituents is 1. The normalized spacial score (nSPS) is 14.6. The van der Waals surface area contributed by atoms with Gasteiger partial charge in [0.2, 0.25) is 17.2 Å². The van der Waals surface area contributed by atoms with Crippen molar-refractivity contribution in [1.29, 1.82) is 0 Å². The molecule has 1 aromatic heterocycles. The molecular formula is C14H15ClN6O2. The van der Waals surface area contributed by atoms with Gasteiger partial charge in [0.15, 0.2) is 0 Å². The molecule has 23 heavy (non-hydrogen) atoms. The molecule has 0 saturated carbocycles. The third-order valence-corrected chi connectivity index (χ3v) is 3.72. The molecule has 3 rings (SSSR count). The van der Waals surface area contributed by atoms with Gasteiger partial charge in [0, 0.05) is 30.9 Å². The second-order valence-electron chi connectivity index (χ2n) is 5.21. The standard InChI is InChI=1S/C14H15ClN6O2/c15-12-17-13(16-10-5-4-6-11(9-10)21(22)23)19-14(18-12)20-7-2-1-3-8-20/h4-6,9H,1-3,7-8H2,(H,16,17,18,19). The van der Waals surface area contributed by atoms with Crippen molar-refractivity contribution in [3.8, 4) is 0 Å². The fourth-order valence-corrected chi connectivity index (χ4v) is 2.61. The van der Waals surface area contributed by atoms with Crippen molar-refractivity contribution in [3.05, 3.63) is 39.7 Å². The summed E-state index contributed by atoms with van der Waals surface area (Å²) in [6.45, 7) is 1.77. The van der Waals surface area contributed by atoms with Crippen molar-refractivity contribution in [1.82, 2.24) is 15.0 Å². The van der Waals surface area contributed by atoms with E-state index in [0.29, 0.717) is 11.6 Å². The van der Waals surface area contributed by atoms with E-state index < -0.39 is 4.92 Å². The number of non-ortho nitro benzene ring substituents is 1. The Morgan fingerprint density at radius 3 is 2.70 bits per heavy atom. The maximum absolute atomic E-state index is 10.8. The molecule has 1 N–H and O–H groups in total. The van der Waals surface area contributed by atoms with Crippen LogP contribution in [0.2, 0.25) is 5.28 Å². The summed E-state index contributed by atoms with van der Waals surface area (Å²) in [5.41, 5.74) is 0.512. The van der Waals surface area contributed by atoms with Crippen LogP contribution in [0.15, 0.2) is 24.3 Å². The SMILES string of the molecule is O=[N+]([O-])c1cccc(Nc2nc(Cl)nc(N3CCCCC3)n2)c1. The largest absolute Gasteiger partial charge is 0.341 e. The van der Waals surface area contributed by atoms with Gasteiger partial charge in [-0.2, -0.15) is 15.0 Å². The van der Waals surface area contributed by atoms with Crippen LogP contribution in [0.4, 0.5) is 23.3 Å². The smallest absolute Gasteiger partial charge is 0.271 e. The number of aromatic nitrogens is 3. The van der Waals surface area contributed by atoms with Crippen molar-refractivity contribution in [3.63, 3.8) is 0 Å². The van der Waals surface area contributed by atoms with Gasteiger partial charge in [0.25, 0.3) is 5.69 Å². The molecule has 0 spiro atoms. The number of hydrogen-bond acceptors (Lipinski definition) is 7. The molecule has 1 aliphatic heterocycles. The molecule has 0 amide bonds. The van der Waals surface area contributed by atoms with Crippen LogP contribution in [0.25, 0.3) is 0 Å². The molecule has 2 aromatic rings. The second kappa shape index (κ2) is 6.74. The molecule has 1 aliphatic rings. The van der Waals surface area contributed by atoms with Crippen LogP contribution in [-0.2, 0) is 0 Å². The summed E-state index contributed by atoms with van der Waals surface area (Å²) in [4.78, 5) is 25.0. The summed E-state index contributed by atoms with van der Waals surface area (Å²) in [6, 6.07) is 6.13. The predicted molar refractivity (Wildman–Crippen MR) is 87.3 cm³/mol. The first kappa shape index (κ1) is 15.4. The molecule has 0 radical (unpaired) electrons. The molecule has 1 aromatic carbocycles. The fraction of sp³-hybridized carbons (Fsp3) is 0.357. The van der Waals surface area contributed by atoms with Crippen LogP contribution in [0, 0.1) is 10.1 Å². The van der Waals surface area contributed by atoms with Gasteiger partial charge < -0.3 is 10.2 Å². The predicted octanol–water partition coefficient (Wildman–Crippen LogP) is 3.17. The number of halogens is 1. The molecule has 120 valence electrons. The van der Waals surface area contributed by atoms with Crippen LogP contribution in [0.3, 0.4) is 0 Å². The van der Waals surface area contributed by atoms with Gasteiger partial charge in [-0.1, -0.05) is 6.07 Å². The Morgan fingerprint density at radius 2 is 1.96 bits per heavy atom. The van der Waals surface area contributed by atoms with Gasteiger partial charge in [0.1, 0.15) is 0 Å². The number of piperidine rings is 1. The first-order valence-corrected chi connectivity index (χ1v) is 7.67. The average molecular weight is 335 g/mol. The zero-order chi connectivity index (χ0) is 16.2. The quantitative estimate of drug-likeness (QED) is 0.677. The van der Waals surface area contributed by atoms with Gasteiger partial charge in [-0.3, -0.25) is 10.1 Å². The Bertz CT molecular complexity index is 720. The van der Waals surface area contributed by atoms with Crippen molar-refractivity contribution in [2.75, 3.05) is 23.3 Å². The summed E-state index contributed by atoms with van der Waals surface area (Å²) in [5.74, 6) is 0.795. The van der Waals surface area contributed by atoms with Gasteiger partial charge in [-0.25, -0.2) is 0 Å². The van der Waals surface area contributed by atoms with Crippen molar-refractivity contribution < 1.29 is 4.92 Å². The number of nitrogens with zero attached hydrogens (tertiary/aromatic N) is 5. The van der Waals surface area contributed by atoms with E-state index in [0.717, 1.165) is 25.9 Å². The Kier molecular flexibility index (Phi) is 4.52. The number of benzene rings is 1. The molecule has 0 bridgehead atoms. The number of rotatable bonds is 4. The Hall–Kier alpha value is -2.48. The van der Waals surface area contributed by atoms with E-state index in [1.807, 2.05) is 0 Å². The van der Waals surface area contributed by atoms with Crippen molar-refractivity contribution >= 4 is 34.9 Å². The highest BCUT2D eigenvalue weighted by atomic mass is 35.5. The molecule has 8 nitrogen and oxygen atoms in total. The monoisotopic (exact) mass is 334 g/mol. The third-order valence-electron chi connectivity index (χ3n) is 3.55. The van der Waals surface area contributed by atoms with E-state index >= 15 is 0 Å². The lowest BCUT2D eigenvalue weighted by Crippen LogP contribution is -2.31. The highest BCUT2D eigenvalue weighted by Gasteiger charge is 2.16. The van der Waals surface area contributed by atoms with E-state index in [1.165, 1.54) is 18.6 Å². The van der Waals surface area contributed by atoms with Crippen LogP contribution >= 0.6 is 11.6 Å². The molecule has 1 fully saturated rings. The zero-order valence-corrected chi connectivity index (χ0v) is 13.0. The van der Waals surface area contributed by atoms with Gasteiger partial charge in [-0.15, -0.1) is 0 Å². The Labute approximate surface area is 137 Å². The van der Waals surface area contributed by atoms with E-state index in [2.05, 4.69) is 25.2 Å². The number of anilines is 3. The molecule has 2 heterocycles. The maximum atomic E-state index is 10.8. The van der Waals surface area contributed by atoms with Crippen LogP contribution in [0.1, 0.15) is 19.3 Å². The number of nitrogens with one attached hydrogen (secondary N) is 1. The maximum Gasteiger partial charge on any atom is 0.271 e. The van der Waals surface area contributed by atoms with E-state index in [-0.39, 0.29) is 16.9 Å². The minimum Gasteiger partial charge on any atom is -0.341 e. The van der Waals surface area contributed by atoms with E-state index in [4.69, 9.17) is 11.6 Å². The highest BCUT2D eigenvalue weighted by molar-refractivity contribution is 6.28. The molecular weight excluding hydrogens is 320 g/mol. The van der Waals surface area contributed by atoms with Crippen LogP contribution in [-0.4, -0.2) is 33.0 Å². The molecule has 0 unspecified atom stereocenters. The van der Waals surface area contributed by atoms with Gasteiger partial charge >= 0.3 is 0 Å². The van der Waals surface area contributed by atoms with Gasteiger partial charge in [-0.05, 0) is 36.9 Å².